The van der Waals surface area contributed by atoms with Crippen molar-refractivity contribution in [1.82, 2.24) is 5.48 Å². The van der Waals surface area contributed by atoms with Gasteiger partial charge in [0.05, 0.1) is 7.11 Å². The molecule has 0 aromatic heterocycles. The van der Waals surface area contributed by atoms with Crippen molar-refractivity contribution < 1.29 is 4.84 Å². The van der Waals surface area contributed by atoms with E-state index in [9.17, 15) is 0 Å². The summed E-state index contributed by atoms with van der Waals surface area (Å²) in [4.78, 5) is 4.72. The fourth-order valence-corrected chi connectivity index (χ4v) is 1.12. The second kappa shape index (κ2) is 5.56. The number of rotatable bonds is 5. The van der Waals surface area contributed by atoms with Crippen LogP contribution in [0.4, 0.5) is 5.69 Å². The maximum absolute atomic E-state index is 4.72. The maximum atomic E-state index is 4.72. The Hall–Kier alpha value is -1.06. The zero-order chi connectivity index (χ0) is 9.52. The third kappa shape index (κ3) is 3.44. The van der Waals surface area contributed by atoms with Gasteiger partial charge in [-0.05, 0) is 18.6 Å². The van der Waals surface area contributed by atoms with Crippen LogP contribution < -0.4 is 10.8 Å². The second-order valence-electron chi connectivity index (χ2n) is 2.84. The van der Waals surface area contributed by atoms with Gasteiger partial charge in [0.25, 0.3) is 0 Å². The number of nitrogens with one attached hydrogen (secondary N) is 2. The molecule has 13 heavy (non-hydrogen) atoms. The number of hydrogen-bond donors (Lipinski definition) is 2. The Morgan fingerprint density at radius 3 is 2.69 bits per heavy atom. The average molecular weight is 180 g/mol. The third-order valence-corrected chi connectivity index (χ3v) is 1.83. The van der Waals surface area contributed by atoms with Crippen molar-refractivity contribution in [3.8, 4) is 0 Å². The molecule has 0 fully saturated rings. The number of hydroxylamine groups is 1. The molecule has 0 radical (unpaired) electrons. The van der Waals surface area contributed by atoms with Crippen molar-refractivity contribution in [3.05, 3.63) is 29.8 Å². The van der Waals surface area contributed by atoms with E-state index in [4.69, 9.17) is 4.84 Å². The van der Waals surface area contributed by atoms with Crippen LogP contribution in [0, 0.1) is 6.92 Å². The molecule has 1 aromatic carbocycles. The van der Waals surface area contributed by atoms with Crippen LogP contribution in [0.15, 0.2) is 24.3 Å². The normalized spacial score (nSPS) is 10.0. The topological polar surface area (TPSA) is 33.3 Å². The van der Waals surface area contributed by atoms with Gasteiger partial charge in [0, 0.05) is 18.8 Å². The minimum absolute atomic E-state index is 0.796. The maximum Gasteiger partial charge on any atom is 0.0572 e. The molecule has 72 valence electrons. The zero-order valence-electron chi connectivity index (χ0n) is 8.13. The fraction of sp³-hybridized carbons (Fsp3) is 0.400. The van der Waals surface area contributed by atoms with E-state index in [1.165, 1.54) is 11.3 Å². The summed E-state index contributed by atoms with van der Waals surface area (Å²) in [6, 6.07) is 8.22. The van der Waals surface area contributed by atoms with Gasteiger partial charge in [0.15, 0.2) is 0 Å². The highest BCUT2D eigenvalue weighted by molar-refractivity contribution is 5.50. The first kappa shape index (κ1) is 10.0. The summed E-state index contributed by atoms with van der Waals surface area (Å²) in [6.07, 6.45) is 0. The van der Waals surface area contributed by atoms with E-state index in [0.717, 1.165) is 13.1 Å². The van der Waals surface area contributed by atoms with Crippen LogP contribution in [0.5, 0.6) is 0 Å². The molecule has 0 saturated heterocycles. The van der Waals surface area contributed by atoms with E-state index in [1.54, 1.807) is 7.11 Å². The fourth-order valence-electron chi connectivity index (χ4n) is 1.12. The lowest BCUT2D eigenvalue weighted by Crippen LogP contribution is -2.21. The van der Waals surface area contributed by atoms with E-state index in [2.05, 4.69) is 29.9 Å². The molecule has 0 aliphatic heterocycles. The number of anilines is 1. The van der Waals surface area contributed by atoms with Gasteiger partial charge in [0.1, 0.15) is 0 Å². The second-order valence-corrected chi connectivity index (χ2v) is 2.84. The zero-order valence-corrected chi connectivity index (χ0v) is 8.13. The first-order valence-corrected chi connectivity index (χ1v) is 4.40. The van der Waals surface area contributed by atoms with E-state index in [-0.39, 0.29) is 0 Å². The van der Waals surface area contributed by atoms with Crippen LogP contribution in [0.1, 0.15) is 5.56 Å². The number of benzene rings is 1. The summed E-state index contributed by atoms with van der Waals surface area (Å²) in [5, 5.41) is 3.31. The highest BCUT2D eigenvalue weighted by Crippen LogP contribution is 2.11. The van der Waals surface area contributed by atoms with Crippen LogP contribution in [-0.2, 0) is 4.84 Å². The van der Waals surface area contributed by atoms with Gasteiger partial charge < -0.3 is 10.2 Å². The van der Waals surface area contributed by atoms with Crippen molar-refractivity contribution in [1.29, 1.82) is 0 Å². The van der Waals surface area contributed by atoms with E-state index in [1.807, 2.05) is 12.1 Å². The molecule has 2 N–H and O–H groups in total. The summed E-state index contributed by atoms with van der Waals surface area (Å²) in [6.45, 7) is 3.75. The first-order chi connectivity index (χ1) is 6.34. The molecule has 0 saturated carbocycles. The van der Waals surface area contributed by atoms with Crippen molar-refractivity contribution >= 4 is 5.69 Å². The van der Waals surface area contributed by atoms with E-state index < -0.39 is 0 Å². The minimum atomic E-state index is 0.796. The van der Waals surface area contributed by atoms with E-state index >= 15 is 0 Å². The van der Waals surface area contributed by atoms with Crippen LogP contribution in [-0.4, -0.2) is 20.2 Å². The van der Waals surface area contributed by atoms with Crippen LogP contribution in [0.2, 0.25) is 0 Å². The summed E-state index contributed by atoms with van der Waals surface area (Å²) in [5.74, 6) is 0. The lowest BCUT2D eigenvalue weighted by Gasteiger charge is -2.08. The Morgan fingerprint density at radius 1 is 1.23 bits per heavy atom. The molecule has 3 heteroatoms. The molecule has 0 unspecified atom stereocenters. The molecule has 0 aliphatic carbocycles. The minimum Gasteiger partial charge on any atom is -0.383 e. The molecule has 0 atom stereocenters. The molecule has 0 amide bonds. The van der Waals surface area contributed by atoms with E-state index in [0.29, 0.717) is 0 Å². The molecular weight excluding hydrogens is 164 g/mol. The summed E-state index contributed by atoms with van der Waals surface area (Å²) in [7, 11) is 1.62. The van der Waals surface area contributed by atoms with Gasteiger partial charge >= 0.3 is 0 Å². The Labute approximate surface area is 79.1 Å². The Kier molecular flexibility index (Phi) is 4.29. The Morgan fingerprint density at radius 2 is 2.00 bits per heavy atom. The van der Waals surface area contributed by atoms with Crippen molar-refractivity contribution in [3.63, 3.8) is 0 Å². The predicted molar refractivity (Wildman–Crippen MR) is 54.7 cm³/mol. The standard InChI is InChI=1S/C10H16N2O/c1-9-5-3-4-6-10(9)11-7-8-12-13-2/h3-6,11-12H,7-8H2,1-2H3. The van der Waals surface area contributed by atoms with Gasteiger partial charge in [0.2, 0.25) is 0 Å². The molecule has 3 nitrogen and oxygen atoms in total. The van der Waals surface area contributed by atoms with Crippen molar-refractivity contribution in [2.24, 2.45) is 0 Å². The highest BCUT2D eigenvalue weighted by atomic mass is 16.6. The molecule has 0 bridgehead atoms. The van der Waals surface area contributed by atoms with Crippen LogP contribution in [0.25, 0.3) is 0 Å². The Balaban J connectivity index is 2.32. The molecule has 0 aliphatic rings. The monoisotopic (exact) mass is 180 g/mol. The highest BCUT2D eigenvalue weighted by Gasteiger charge is 1.93. The van der Waals surface area contributed by atoms with Crippen molar-refractivity contribution in [2.45, 2.75) is 6.92 Å². The molecular formula is C10H16N2O. The van der Waals surface area contributed by atoms with Crippen LogP contribution in [0.3, 0.4) is 0 Å². The summed E-state index contributed by atoms with van der Waals surface area (Å²) in [5.41, 5.74) is 5.22. The molecule has 1 rings (SSSR count). The van der Waals surface area contributed by atoms with Crippen LogP contribution >= 0.6 is 0 Å². The quantitative estimate of drug-likeness (QED) is 0.533. The first-order valence-electron chi connectivity index (χ1n) is 4.40. The largest absolute Gasteiger partial charge is 0.383 e. The summed E-state index contributed by atoms with van der Waals surface area (Å²) < 4.78 is 0. The number of hydrogen-bond acceptors (Lipinski definition) is 3. The lowest BCUT2D eigenvalue weighted by atomic mass is 10.2. The lowest BCUT2D eigenvalue weighted by molar-refractivity contribution is 0.0951. The van der Waals surface area contributed by atoms with Gasteiger partial charge in [-0.15, -0.1) is 0 Å². The summed E-state index contributed by atoms with van der Waals surface area (Å²) >= 11 is 0. The smallest absolute Gasteiger partial charge is 0.0572 e. The predicted octanol–water partition coefficient (Wildman–Crippen LogP) is 1.56. The van der Waals surface area contributed by atoms with Gasteiger partial charge in [-0.1, -0.05) is 18.2 Å². The SMILES string of the molecule is CONCCNc1ccccc1C. The van der Waals surface area contributed by atoms with Gasteiger partial charge in [-0.3, -0.25) is 0 Å². The van der Waals surface area contributed by atoms with Gasteiger partial charge in [-0.2, -0.15) is 0 Å². The van der Waals surface area contributed by atoms with Crippen molar-refractivity contribution in [2.75, 3.05) is 25.5 Å². The Bertz CT molecular complexity index is 250. The number of para-hydroxylation sites is 1. The number of aryl methyl sites for hydroxylation is 1. The average Bonchev–Trinajstić information content (AvgIpc) is 2.15. The molecule has 0 spiro atoms. The third-order valence-electron chi connectivity index (χ3n) is 1.83. The molecule has 0 heterocycles. The molecule has 1 aromatic rings. The van der Waals surface area contributed by atoms with Gasteiger partial charge in [-0.25, -0.2) is 5.48 Å².